The summed E-state index contributed by atoms with van der Waals surface area (Å²) in [7, 11) is -0.816. The van der Waals surface area contributed by atoms with Crippen molar-refractivity contribution in [2.24, 2.45) is 11.7 Å². The zero-order valence-electron chi connectivity index (χ0n) is 11.6. The molecule has 0 radical (unpaired) electrons. The second-order valence-electron chi connectivity index (χ2n) is 5.90. The van der Waals surface area contributed by atoms with E-state index in [-0.39, 0.29) is 22.6 Å². The molecule has 0 bridgehead atoms. The van der Waals surface area contributed by atoms with Crippen LogP contribution < -0.4 is 5.73 Å². The average molecular weight is 273 g/mol. The van der Waals surface area contributed by atoms with Gasteiger partial charge in [0.1, 0.15) is 0 Å². The number of hydrogen-bond donors (Lipinski definition) is 1. The van der Waals surface area contributed by atoms with E-state index < -0.39 is 10.8 Å². The first-order chi connectivity index (χ1) is 8.63. The summed E-state index contributed by atoms with van der Waals surface area (Å²) in [5, 5.41) is 0.408. The van der Waals surface area contributed by atoms with Crippen LogP contribution in [0, 0.1) is 5.92 Å². The maximum atomic E-state index is 12.7. The van der Waals surface area contributed by atoms with Crippen molar-refractivity contribution < 1.29 is 8.95 Å². The molecule has 4 heteroatoms. The quantitative estimate of drug-likeness (QED) is 0.854. The molecule has 0 aromatic heterocycles. The molecule has 0 spiro atoms. The van der Waals surface area contributed by atoms with Crippen LogP contribution in [0.25, 0.3) is 0 Å². The van der Waals surface area contributed by atoms with Gasteiger partial charge in [-0.2, -0.15) is 0 Å². The Labute approximate surface area is 113 Å². The van der Waals surface area contributed by atoms with E-state index in [4.69, 9.17) is 10.5 Å². The van der Waals surface area contributed by atoms with E-state index in [1.165, 1.54) is 19.3 Å². The van der Waals surface area contributed by atoms with Crippen LogP contribution in [0.1, 0.15) is 52.4 Å². The van der Waals surface area contributed by atoms with Crippen molar-refractivity contribution in [1.29, 1.82) is 0 Å². The fourth-order valence-corrected chi connectivity index (χ4v) is 5.59. The van der Waals surface area contributed by atoms with Gasteiger partial charge in [0.15, 0.2) is 0 Å². The van der Waals surface area contributed by atoms with E-state index in [1.54, 1.807) is 0 Å². The Morgan fingerprint density at radius 3 is 2.67 bits per heavy atom. The predicted octanol–water partition coefficient (Wildman–Crippen LogP) is 2.21. The standard InChI is InChI=1S/C14H27NO2S/c1-3-4-11-5-6-12(15)14(9-11)18(16)13-7-8-17-10(13)2/h10-14H,3-9,15H2,1-2H3. The minimum atomic E-state index is -0.816. The van der Waals surface area contributed by atoms with Crippen molar-refractivity contribution in [2.45, 2.75) is 75.0 Å². The topological polar surface area (TPSA) is 52.3 Å². The predicted molar refractivity (Wildman–Crippen MR) is 76.0 cm³/mol. The van der Waals surface area contributed by atoms with Gasteiger partial charge in [0.05, 0.1) is 16.6 Å². The maximum absolute atomic E-state index is 12.7. The summed E-state index contributed by atoms with van der Waals surface area (Å²) >= 11 is 0. The first-order valence-electron chi connectivity index (χ1n) is 7.40. The van der Waals surface area contributed by atoms with Gasteiger partial charge in [-0.1, -0.05) is 19.8 Å². The fourth-order valence-electron chi connectivity index (χ4n) is 3.41. The molecule has 0 amide bonds. The molecule has 6 unspecified atom stereocenters. The Morgan fingerprint density at radius 1 is 1.28 bits per heavy atom. The molecule has 0 aromatic carbocycles. The van der Waals surface area contributed by atoms with Crippen LogP contribution in [-0.4, -0.2) is 33.5 Å². The van der Waals surface area contributed by atoms with Crippen LogP contribution in [0.15, 0.2) is 0 Å². The van der Waals surface area contributed by atoms with Crippen molar-refractivity contribution in [3.8, 4) is 0 Å². The lowest BCUT2D eigenvalue weighted by Crippen LogP contribution is -2.46. The normalized spacial score (nSPS) is 42.9. The minimum absolute atomic E-state index is 0.131. The second-order valence-corrected chi connectivity index (χ2v) is 7.77. The summed E-state index contributed by atoms with van der Waals surface area (Å²) in [4.78, 5) is 0. The number of rotatable bonds is 4. The highest BCUT2D eigenvalue weighted by Gasteiger charge is 2.39. The highest BCUT2D eigenvalue weighted by atomic mass is 32.2. The first kappa shape index (κ1) is 14.5. The largest absolute Gasteiger partial charge is 0.377 e. The molecule has 2 N–H and O–H groups in total. The molecule has 0 aromatic rings. The summed E-state index contributed by atoms with van der Waals surface area (Å²) in [6.45, 7) is 5.04. The monoisotopic (exact) mass is 273 g/mol. The SMILES string of the molecule is CCCC1CCC(N)C(S(=O)C2CCOC2C)C1. The number of ether oxygens (including phenoxy) is 1. The number of hydrogen-bond acceptors (Lipinski definition) is 3. The Kier molecular flexibility index (Phi) is 5.22. The molecule has 1 saturated carbocycles. The summed E-state index contributed by atoms with van der Waals surface area (Å²) in [5.41, 5.74) is 6.22. The van der Waals surface area contributed by atoms with E-state index in [2.05, 4.69) is 6.92 Å². The van der Waals surface area contributed by atoms with Crippen LogP contribution in [0.3, 0.4) is 0 Å². The van der Waals surface area contributed by atoms with Crippen molar-refractivity contribution in [2.75, 3.05) is 6.61 Å². The molecule has 18 heavy (non-hydrogen) atoms. The molecule has 2 aliphatic rings. The minimum Gasteiger partial charge on any atom is -0.377 e. The Bertz CT molecular complexity index is 298. The Morgan fingerprint density at radius 2 is 2.06 bits per heavy atom. The zero-order valence-corrected chi connectivity index (χ0v) is 12.5. The Balaban J connectivity index is 1.98. The highest BCUT2D eigenvalue weighted by molar-refractivity contribution is 7.86. The maximum Gasteiger partial charge on any atom is 0.0691 e. The summed E-state index contributed by atoms with van der Waals surface area (Å²) in [5.74, 6) is 0.737. The van der Waals surface area contributed by atoms with Crippen LogP contribution in [0.2, 0.25) is 0 Å². The molecule has 3 nitrogen and oxygen atoms in total. The molecule has 1 aliphatic heterocycles. The van der Waals surface area contributed by atoms with Crippen molar-refractivity contribution in [3.05, 3.63) is 0 Å². The van der Waals surface area contributed by atoms with Gasteiger partial charge in [-0.3, -0.25) is 4.21 Å². The van der Waals surface area contributed by atoms with Gasteiger partial charge in [0.25, 0.3) is 0 Å². The summed E-state index contributed by atoms with van der Waals surface area (Å²) < 4.78 is 18.3. The summed E-state index contributed by atoms with van der Waals surface area (Å²) in [6.07, 6.45) is 6.90. The molecule has 1 saturated heterocycles. The Hall–Kier alpha value is 0.0700. The highest BCUT2D eigenvalue weighted by Crippen LogP contribution is 2.33. The molecule has 106 valence electrons. The van der Waals surface area contributed by atoms with E-state index >= 15 is 0 Å². The zero-order chi connectivity index (χ0) is 13.1. The lowest BCUT2D eigenvalue weighted by Gasteiger charge is -2.35. The average Bonchev–Trinajstić information content (AvgIpc) is 2.77. The lowest BCUT2D eigenvalue weighted by atomic mass is 9.83. The molecule has 1 aliphatic carbocycles. The second kappa shape index (κ2) is 6.49. The molecular formula is C14H27NO2S. The van der Waals surface area contributed by atoms with Crippen molar-refractivity contribution >= 4 is 10.8 Å². The molecular weight excluding hydrogens is 246 g/mol. The molecule has 6 atom stereocenters. The van der Waals surface area contributed by atoms with E-state index in [0.29, 0.717) is 0 Å². The summed E-state index contributed by atoms with van der Waals surface area (Å²) in [6, 6.07) is 0.131. The van der Waals surface area contributed by atoms with Gasteiger partial charge < -0.3 is 10.5 Å². The van der Waals surface area contributed by atoms with Gasteiger partial charge in [0.2, 0.25) is 0 Å². The van der Waals surface area contributed by atoms with E-state index in [0.717, 1.165) is 31.8 Å². The third kappa shape index (κ3) is 3.14. The van der Waals surface area contributed by atoms with Gasteiger partial charge in [-0.05, 0) is 38.5 Å². The van der Waals surface area contributed by atoms with Crippen LogP contribution in [0.4, 0.5) is 0 Å². The molecule has 2 fully saturated rings. The molecule has 1 heterocycles. The van der Waals surface area contributed by atoms with E-state index in [9.17, 15) is 4.21 Å². The van der Waals surface area contributed by atoms with Crippen LogP contribution >= 0.6 is 0 Å². The third-order valence-electron chi connectivity index (χ3n) is 4.55. The van der Waals surface area contributed by atoms with Gasteiger partial charge in [0, 0.05) is 23.4 Å². The van der Waals surface area contributed by atoms with Gasteiger partial charge in [-0.15, -0.1) is 0 Å². The van der Waals surface area contributed by atoms with E-state index in [1.807, 2.05) is 6.92 Å². The van der Waals surface area contributed by atoms with Crippen molar-refractivity contribution in [3.63, 3.8) is 0 Å². The fraction of sp³-hybridized carbons (Fsp3) is 1.00. The first-order valence-corrected chi connectivity index (χ1v) is 8.67. The van der Waals surface area contributed by atoms with Gasteiger partial charge >= 0.3 is 0 Å². The van der Waals surface area contributed by atoms with Crippen LogP contribution in [0.5, 0.6) is 0 Å². The number of nitrogens with two attached hydrogens (primary N) is 1. The van der Waals surface area contributed by atoms with Gasteiger partial charge in [-0.25, -0.2) is 0 Å². The van der Waals surface area contributed by atoms with Crippen molar-refractivity contribution in [1.82, 2.24) is 0 Å². The third-order valence-corrected chi connectivity index (χ3v) is 6.91. The molecule has 2 rings (SSSR count). The smallest absolute Gasteiger partial charge is 0.0691 e. The lowest BCUT2D eigenvalue weighted by molar-refractivity contribution is 0.126. The van der Waals surface area contributed by atoms with Crippen LogP contribution in [-0.2, 0) is 15.5 Å².